The van der Waals surface area contributed by atoms with Crippen molar-refractivity contribution in [3.05, 3.63) is 51.7 Å². The first-order valence-electron chi connectivity index (χ1n) is 12.5. The normalized spacial score (nSPS) is 25.6. The van der Waals surface area contributed by atoms with Crippen LogP contribution in [0.4, 0.5) is 0 Å². The van der Waals surface area contributed by atoms with E-state index in [1.807, 2.05) is 11.3 Å². The SMILES string of the molecule is Cc1ccc(OCCCN2CCC(C3(C4CCCC4)NCCc4sccc43)CC2)cc1. The first kappa shape index (κ1) is 21.5. The van der Waals surface area contributed by atoms with Crippen molar-refractivity contribution in [2.75, 3.05) is 32.8 Å². The Labute approximate surface area is 192 Å². The number of nitrogens with zero attached hydrogens (tertiary/aromatic N) is 1. The number of aryl methyl sites for hydroxylation is 1. The monoisotopic (exact) mass is 438 g/mol. The number of nitrogens with one attached hydrogen (secondary N) is 1. The van der Waals surface area contributed by atoms with E-state index in [0.29, 0.717) is 0 Å². The molecule has 0 bridgehead atoms. The largest absolute Gasteiger partial charge is 0.494 e. The van der Waals surface area contributed by atoms with Gasteiger partial charge in [0.15, 0.2) is 0 Å². The highest BCUT2D eigenvalue weighted by atomic mass is 32.1. The van der Waals surface area contributed by atoms with E-state index in [-0.39, 0.29) is 5.54 Å². The molecule has 3 heterocycles. The molecule has 0 radical (unpaired) electrons. The van der Waals surface area contributed by atoms with E-state index in [2.05, 4.69) is 52.9 Å². The minimum Gasteiger partial charge on any atom is -0.494 e. The first-order valence-corrected chi connectivity index (χ1v) is 13.4. The molecule has 168 valence electrons. The van der Waals surface area contributed by atoms with E-state index in [4.69, 9.17) is 4.74 Å². The smallest absolute Gasteiger partial charge is 0.119 e. The van der Waals surface area contributed by atoms with Crippen molar-refractivity contribution in [1.29, 1.82) is 0 Å². The number of rotatable bonds is 7. The molecule has 1 unspecified atom stereocenters. The fraction of sp³-hybridized carbons (Fsp3) is 0.630. The average Bonchev–Trinajstić information content (AvgIpc) is 3.51. The van der Waals surface area contributed by atoms with E-state index in [0.717, 1.165) is 37.2 Å². The van der Waals surface area contributed by atoms with Crippen molar-refractivity contribution in [3.63, 3.8) is 0 Å². The summed E-state index contributed by atoms with van der Waals surface area (Å²) in [6, 6.07) is 10.9. The summed E-state index contributed by atoms with van der Waals surface area (Å²) >= 11 is 2.00. The lowest BCUT2D eigenvalue weighted by Gasteiger charge is -2.51. The zero-order valence-corrected chi connectivity index (χ0v) is 19.9. The van der Waals surface area contributed by atoms with Crippen LogP contribution in [0.15, 0.2) is 35.7 Å². The van der Waals surface area contributed by atoms with Crippen molar-refractivity contribution in [2.45, 2.75) is 63.8 Å². The summed E-state index contributed by atoms with van der Waals surface area (Å²) in [5.41, 5.74) is 3.22. The van der Waals surface area contributed by atoms with Crippen LogP contribution in [0.2, 0.25) is 0 Å². The lowest BCUT2D eigenvalue weighted by Crippen LogP contribution is -2.58. The first-order chi connectivity index (χ1) is 15.3. The van der Waals surface area contributed by atoms with Crippen LogP contribution in [0.5, 0.6) is 5.75 Å². The van der Waals surface area contributed by atoms with Crippen LogP contribution < -0.4 is 10.1 Å². The van der Waals surface area contributed by atoms with Crippen molar-refractivity contribution >= 4 is 11.3 Å². The van der Waals surface area contributed by atoms with Gasteiger partial charge in [-0.1, -0.05) is 30.5 Å². The molecule has 31 heavy (non-hydrogen) atoms. The second kappa shape index (κ2) is 9.64. The van der Waals surface area contributed by atoms with Gasteiger partial charge in [0, 0.05) is 18.0 Å². The maximum Gasteiger partial charge on any atom is 0.119 e. The topological polar surface area (TPSA) is 24.5 Å². The maximum absolute atomic E-state index is 5.95. The van der Waals surface area contributed by atoms with Gasteiger partial charge in [-0.15, -0.1) is 11.3 Å². The molecule has 5 rings (SSSR count). The van der Waals surface area contributed by atoms with Crippen molar-refractivity contribution in [1.82, 2.24) is 10.2 Å². The number of ether oxygens (including phenoxy) is 1. The lowest BCUT2D eigenvalue weighted by atomic mass is 9.64. The Balaban J connectivity index is 1.17. The third kappa shape index (κ3) is 4.44. The molecular formula is C27H38N2OS. The molecule has 2 fully saturated rings. The van der Waals surface area contributed by atoms with E-state index in [1.165, 1.54) is 70.1 Å². The summed E-state index contributed by atoms with van der Waals surface area (Å²) in [7, 11) is 0. The van der Waals surface area contributed by atoms with Crippen LogP contribution in [0.25, 0.3) is 0 Å². The van der Waals surface area contributed by atoms with Gasteiger partial charge < -0.3 is 15.0 Å². The predicted molar refractivity (Wildman–Crippen MR) is 130 cm³/mol. The van der Waals surface area contributed by atoms with Gasteiger partial charge in [0.25, 0.3) is 0 Å². The summed E-state index contributed by atoms with van der Waals surface area (Å²) in [4.78, 5) is 4.34. The Bertz CT molecular complexity index is 833. The highest BCUT2D eigenvalue weighted by Crippen LogP contribution is 2.51. The Morgan fingerprint density at radius 1 is 1.03 bits per heavy atom. The van der Waals surface area contributed by atoms with Gasteiger partial charge in [0.2, 0.25) is 0 Å². The fourth-order valence-electron chi connectivity index (χ4n) is 6.55. The zero-order chi connectivity index (χ0) is 21.1. The molecule has 1 aromatic carbocycles. The van der Waals surface area contributed by atoms with Crippen LogP contribution in [-0.4, -0.2) is 37.7 Å². The molecular weight excluding hydrogens is 400 g/mol. The Kier molecular flexibility index (Phi) is 6.68. The number of piperidine rings is 1. The van der Waals surface area contributed by atoms with Crippen molar-refractivity contribution in [2.24, 2.45) is 11.8 Å². The van der Waals surface area contributed by atoms with Crippen LogP contribution in [0.3, 0.4) is 0 Å². The zero-order valence-electron chi connectivity index (χ0n) is 19.1. The summed E-state index contributed by atoms with van der Waals surface area (Å²) in [5.74, 6) is 2.61. The number of benzene rings is 1. The van der Waals surface area contributed by atoms with E-state index in [9.17, 15) is 0 Å². The van der Waals surface area contributed by atoms with Crippen LogP contribution in [-0.2, 0) is 12.0 Å². The fourth-order valence-corrected chi connectivity index (χ4v) is 7.50. The predicted octanol–water partition coefficient (Wildman–Crippen LogP) is 5.77. The van der Waals surface area contributed by atoms with Gasteiger partial charge in [0.1, 0.15) is 5.75 Å². The highest BCUT2D eigenvalue weighted by Gasteiger charge is 2.50. The van der Waals surface area contributed by atoms with Crippen LogP contribution in [0, 0.1) is 18.8 Å². The third-order valence-corrected chi connectivity index (χ3v) is 9.08. The number of hydrogen-bond donors (Lipinski definition) is 1. The highest BCUT2D eigenvalue weighted by molar-refractivity contribution is 7.10. The number of thiophene rings is 1. The Morgan fingerprint density at radius 3 is 2.55 bits per heavy atom. The van der Waals surface area contributed by atoms with Gasteiger partial charge >= 0.3 is 0 Å². The molecule has 3 aliphatic rings. The van der Waals surface area contributed by atoms with E-state index < -0.39 is 0 Å². The Hall–Kier alpha value is -1.36. The quantitative estimate of drug-likeness (QED) is 0.556. The maximum atomic E-state index is 5.95. The van der Waals surface area contributed by atoms with Gasteiger partial charge in [-0.25, -0.2) is 0 Å². The third-order valence-electron chi connectivity index (χ3n) is 8.10. The molecule has 1 aromatic heterocycles. The molecule has 2 aliphatic heterocycles. The Morgan fingerprint density at radius 2 is 1.77 bits per heavy atom. The molecule has 1 saturated carbocycles. The summed E-state index contributed by atoms with van der Waals surface area (Å²) in [5, 5.41) is 6.50. The van der Waals surface area contributed by atoms with Gasteiger partial charge in [-0.3, -0.25) is 0 Å². The molecule has 1 aliphatic carbocycles. The van der Waals surface area contributed by atoms with E-state index in [1.54, 1.807) is 10.4 Å². The molecule has 2 aromatic rings. The van der Waals surface area contributed by atoms with Gasteiger partial charge in [-0.2, -0.15) is 0 Å². The molecule has 1 saturated heterocycles. The van der Waals surface area contributed by atoms with Gasteiger partial charge in [0.05, 0.1) is 12.1 Å². The summed E-state index contributed by atoms with van der Waals surface area (Å²) in [6.07, 6.45) is 10.7. The molecule has 0 spiro atoms. The van der Waals surface area contributed by atoms with E-state index >= 15 is 0 Å². The number of fused-ring (bicyclic) bond motifs is 1. The number of hydrogen-bond acceptors (Lipinski definition) is 4. The molecule has 1 N–H and O–H groups in total. The van der Waals surface area contributed by atoms with Crippen molar-refractivity contribution < 1.29 is 4.74 Å². The second-order valence-corrected chi connectivity index (χ2v) is 10.9. The second-order valence-electron chi connectivity index (χ2n) is 9.92. The molecule has 0 amide bonds. The molecule has 4 heteroatoms. The number of likely N-dealkylation sites (tertiary alicyclic amines) is 1. The van der Waals surface area contributed by atoms with Gasteiger partial charge in [-0.05, 0) is 99.5 Å². The summed E-state index contributed by atoms with van der Waals surface area (Å²) < 4.78 is 5.95. The standard InChI is InChI=1S/C27H38N2OS/c1-21-7-9-24(10-8-21)30-19-4-16-29-17-12-23(13-18-29)27(22-5-2-3-6-22)25-14-20-31-26(25)11-15-28-27/h7-10,14,20,22-23,28H,2-6,11-13,15-19H2,1H3. The van der Waals surface area contributed by atoms with Crippen molar-refractivity contribution in [3.8, 4) is 5.75 Å². The average molecular weight is 439 g/mol. The minimum atomic E-state index is 0.255. The van der Waals surface area contributed by atoms with Crippen LogP contribution in [0.1, 0.15) is 60.9 Å². The molecule has 3 nitrogen and oxygen atoms in total. The lowest BCUT2D eigenvalue weighted by molar-refractivity contribution is 0.0549. The minimum absolute atomic E-state index is 0.255. The molecule has 1 atom stereocenters. The van der Waals surface area contributed by atoms with Crippen LogP contribution >= 0.6 is 11.3 Å². The summed E-state index contributed by atoms with van der Waals surface area (Å²) in [6.45, 7) is 7.74.